The summed E-state index contributed by atoms with van der Waals surface area (Å²) >= 11 is 0. The van der Waals surface area contributed by atoms with E-state index >= 15 is 0 Å². The van der Waals surface area contributed by atoms with E-state index in [2.05, 4.69) is 126 Å². The maximum atomic E-state index is 4.58. The van der Waals surface area contributed by atoms with E-state index < -0.39 is 0 Å². The van der Waals surface area contributed by atoms with E-state index in [-0.39, 0.29) is 18.1 Å². The highest BCUT2D eigenvalue weighted by atomic mass is 15.6. The lowest BCUT2D eigenvalue weighted by Crippen LogP contribution is -2.36. The van der Waals surface area contributed by atoms with Crippen molar-refractivity contribution >= 4 is 11.4 Å². The number of anilines is 2. The molecule has 2 aromatic rings. The van der Waals surface area contributed by atoms with E-state index in [1.165, 1.54) is 22.5 Å². The molecule has 0 saturated carbocycles. The molecule has 0 bridgehead atoms. The first-order chi connectivity index (χ1) is 13.5. The molecule has 5 heteroatoms. The lowest BCUT2D eigenvalue weighted by molar-refractivity contribution is 0.212. The summed E-state index contributed by atoms with van der Waals surface area (Å²) in [6, 6.07) is 17.7. The van der Waals surface area contributed by atoms with Gasteiger partial charge in [0.25, 0.3) is 0 Å². The number of benzene rings is 2. The average Bonchev–Trinajstić information content (AvgIpc) is 3.13. The minimum Gasteiger partial charge on any atom is -0.378 e. The van der Waals surface area contributed by atoms with E-state index in [0.29, 0.717) is 0 Å². The second-order valence-electron chi connectivity index (χ2n) is 7.71. The number of hydrogen-bond donors (Lipinski definition) is 0. The van der Waals surface area contributed by atoms with Gasteiger partial charge in [-0.1, -0.05) is 53.8 Å². The maximum absolute atomic E-state index is 4.58. The van der Waals surface area contributed by atoms with Gasteiger partial charge in [0, 0.05) is 39.6 Å². The van der Waals surface area contributed by atoms with Crippen molar-refractivity contribution in [2.75, 3.05) is 38.0 Å². The maximum Gasteiger partial charge on any atom is 0.117 e. The van der Waals surface area contributed by atoms with Gasteiger partial charge in [-0.15, -0.1) is 0 Å². The van der Waals surface area contributed by atoms with E-state index in [4.69, 9.17) is 0 Å². The van der Waals surface area contributed by atoms with Crippen LogP contribution in [0.4, 0.5) is 11.4 Å². The van der Waals surface area contributed by atoms with E-state index in [1.807, 2.05) is 0 Å². The lowest BCUT2D eigenvalue weighted by atomic mass is 9.94. The molecule has 144 valence electrons. The second kappa shape index (κ2) is 7.50. The van der Waals surface area contributed by atoms with E-state index in [0.717, 1.165) is 0 Å². The van der Waals surface area contributed by atoms with Crippen LogP contribution in [0, 0.1) is 0 Å². The Morgan fingerprint density at radius 2 is 1.25 bits per heavy atom. The smallest absolute Gasteiger partial charge is 0.117 e. The molecule has 1 heterocycles. The fourth-order valence-electron chi connectivity index (χ4n) is 3.75. The largest absolute Gasteiger partial charge is 0.378 e. The predicted octanol–water partition coefficient (Wildman–Crippen LogP) is 4.45. The highest BCUT2D eigenvalue weighted by molar-refractivity contribution is 5.50. The molecule has 0 radical (unpaired) electrons. The monoisotopic (exact) mass is 373 g/mol. The topological polar surface area (TPSA) is 34.4 Å². The van der Waals surface area contributed by atoms with Gasteiger partial charge < -0.3 is 9.80 Å². The molecule has 0 saturated heterocycles. The number of hydrogen-bond acceptors (Lipinski definition) is 5. The molecule has 28 heavy (non-hydrogen) atoms. The summed E-state index contributed by atoms with van der Waals surface area (Å²) in [5.74, 6) is 0. The van der Waals surface area contributed by atoms with Crippen LogP contribution in [0.2, 0.25) is 0 Å². The molecule has 0 amide bonds. The Balaban J connectivity index is 1.74. The van der Waals surface area contributed by atoms with Crippen LogP contribution in [0.15, 0.2) is 83.2 Å². The molecule has 4 rings (SSSR count). The number of nitrogens with zero attached hydrogens (tertiary/aromatic N) is 5. The first kappa shape index (κ1) is 18.3. The van der Waals surface area contributed by atoms with Crippen molar-refractivity contribution in [3.05, 3.63) is 84.0 Å². The van der Waals surface area contributed by atoms with Crippen LogP contribution in [0.5, 0.6) is 0 Å². The van der Waals surface area contributed by atoms with Crippen molar-refractivity contribution in [3.8, 4) is 0 Å². The van der Waals surface area contributed by atoms with Crippen LogP contribution in [0.3, 0.4) is 0 Å². The zero-order valence-corrected chi connectivity index (χ0v) is 16.9. The molecule has 0 N–H and O–H groups in total. The number of allylic oxidation sites excluding steroid dienone is 2. The van der Waals surface area contributed by atoms with Gasteiger partial charge >= 0.3 is 0 Å². The van der Waals surface area contributed by atoms with Crippen molar-refractivity contribution < 1.29 is 0 Å². The van der Waals surface area contributed by atoms with E-state index in [9.17, 15) is 0 Å². The molecule has 0 spiro atoms. The van der Waals surface area contributed by atoms with Gasteiger partial charge in [0.05, 0.1) is 12.1 Å². The highest BCUT2D eigenvalue weighted by Gasteiger charge is 2.36. The number of fused-ring (bicyclic) bond motifs is 1. The van der Waals surface area contributed by atoms with Crippen LogP contribution >= 0.6 is 0 Å². The highest BCUT2D eigenvalue weighted by Crippen LogP contribution is 2.37. The van der Waals surface area contributed by atoms with Gasteiger partial charge in [0.15, 0.2) is 0 Å². The minimum atomic E-state index is 0.0160. The minimum absolute atomic E-state index is 0.0160. The molecule has 2 aliphatic rings. The predicted molar refractivity (Wildman–Crippen MR) is 116 cm³/mol. The van der Waals surface area contributed by atoms with Crippen molar-refractivity contribution in [1.29, 1.82) is 0 Å². The van der Waals surface area contributed by atoms with Gasteiger partial charge in [-0.05, 0) is 35.4 Å². The van der Waals surface area contributed by atoms with Crippen molar-refractivity contribution in [3.63, 3.8) is 0 Å². The second-order valence-corrected chi connectivity index (χ2v) is 7.71. The third-order valence-corrected chi connectivity index (χ3v) is 5.39. The molecule has 2 aromatic carbocycles. The summed E-state index contributed by atoms with van der Waals surface area (Å²) in [6.45, 7) is 0. The summed E-state index contributed by atoms with van der Waals surface area (Å²) < 4.78 is 0. The summed E-state index contributed by atoms with van der Waals surface area (Å²) in [4.78, 5) is 4.23. The normalized spacial score (nSPS) is 20.0. The SMILES string of the molecule is CN(C)c1ccc(C(c2ccc(N(C)C)cc2)N2N=NC3C=CC=CC32)cc1. The Hall–Kier alpha value is -3.08. The Morgan fingerprint density at radius 3 is 1.75 bits per heavy atom. The van der Waals surface area contributed by atoms with Gasteiger partial charge in [-0.25, -0.2) is 0 Å². The standard InChI is InChI=1S/C23H27N5/c1-26(2)19-13-9-17(10-14-19)23(18-11-15-20(16-12-18)27(3)4)28-22-8-6-5-7-21(22)24-25-28/h5-16,21-23H,1-4H3. The third-order valence-electron chi connectivity index (χ3n) is 5.39. The molecular weight excluding hydrogens is 346 g/mol. The molecule has 2 atom stereocenters. The van der Waals surface area contributed by atoms with Gasteiger partial charge in [0.2, 0.25) is 0 Å². The van der Waals surface area contributed by atoms with Crippen LogP contribution in [-0.4, -0.2) is 45.3 Å². The van der Waals surface area contributed by atoms with E-state index in [1.54, 1.807) is 0 Å². The Morgan fingerprint density at radius 1 is 0.750 bits per heavy atom. The first-order valence-corrected chi connectivity index (χ1v) is 9.63. The Labute approximate surface area is 167 Å². The zero-order chi connectivity index (χ0) is 19.7. The Kier molecular flexibility index (Phi) is 4.90. The van der Waals surface area contributed by atoms with Crippen LogP contribution in [-0.2, 0) is 0 Å². The summed E-state index contributed by atoms with van der Waals surface area (Å²) in [7, 11) is 8.24. The summed E-state index contributed by atoms with van der Waals surface area (Å²) in [5, 5.41) is 11.2. The number of rotatable bonds is 5. The quantitative estimate of drug-likeness (QED) is 0.776. The van der Waals surface area contributed by atoms with Crippen LogP contribution in [0.25, 0.3) is 0 Å². The van der Waals surface area contributed by atoms with Crippen molar-refractivity contribution in [2.24, 2.45) is 10.3 Å². The molecule has 0 fully saturated rings. The third kappa shape index (κ3) is 3.40. The van der Waals surface area contributed by atoms with Crippen LogP contribution in [0.1, 0.15) is 17.2 Å². The van der Waals surface area contributed by atoms with Crippen LogP contribution < -0.4 is 9.80 Å². The molecule has 2 unspecified atom stereocenters. The molecule has 1 aliphatic heterocycles. The fourth-order valence-corrected chi connectivity index (χ4v) is 3.75. The van der Waals surface area contributed by atoms with Gasteiger partial charge in [-0.3, -0.25) is 5.01 Å². The lowest BCUT2D eigenvalue weighted by Gasteiger charge is -2.32. The van der Waals surface area contributed by atoms with Gasteiger partial charge in [0.1, 0.15) is 6.04 Å². The van der Waals surface area contributed by atoms with Crippen molar-refractivity contribution in [2.45, 2.75) is 18.1 Å². The fraction of sp³-hybridized carbons (Fsp3) is 0.304. The molecule has 1 aliphatic carbocycles. The molecule has 0 aromatic heterocycles. The van der Waals surface area contributed by atoms with Gasteiger partial charge in [-0.2, -0.15) is 5.11 Å². The molecule has 5 nitrogen and oxygen atoms in total. The zero-order valence-electron chi connectivity index (χ0n) is 16.9. The van der Waals surface area contributed by atoms with Crippen molar-refractivity contribution in [1.82, 2.24) is 5.01 Å². The molecular formula is C23H27N5. The first-order valence-electron chi connectivity index (χ1n) is 9.63. The Bertz CT molecular complexity index is 842. The summed E-state index contributed by atoms with van der Waals surface area (Å²) in [5.41, 5.74) is 4.80. The summed E-state index contributed by atoms with van der Waals surface area (Å²) in [6.07, 6.45) is 8.46. The average molecular weight is 374 g/mol.